The van der Waals surface area contributed by atoms with Crippen LogP contribution in [-0.2, 0) is 6.42 Å². The van der Waals surface area contributed by atoms with Crippen LogP contribution < -0.4 is 5.32 Å². The molecule has 3 aromatic rings. The molecular formula is C20H26FIN8. The van der Waals surface area contributed by atoms with Crippen LogP contribution in [-0.4, -0.2) is 62.5 Å². The number of benzene rings is 1. The number of H-pyrrole nitrogens is 1. The average molecular weight is 524 g/mol. The molecule has 0 atom stereocenters. The minimum atomic E-state index is -0.249. The Bertz CT molecular complexity index is 930. The Morgan fingerprint density at radius 3 is 2.67 bits per heavy atom. The number of nitrogens with one attached hydrogen (secondary N) is 2. The number of nitrogens with zero attached hydrogens (tertiary/aromatic N) is 6. The number of aromatic nitrogens is 5. The number of aliphatic imine (C=N–C) groups is 1. The molecule has 1 fully saturated rings. The number of rotatable bonds is 5. The van der Waals surface area contributed by atoms with Gasteiger partial charge in [0.05, 0.1) is 11.4 Å². The van der Waals surface area contributed by atoms with E-state index in [1.165, 1.54) is 12.1 Å². The summed E-state index contributed by atoms with van der Waals surface area (Å²) in [5, 5.41) is 14.9. The standard InChI is InChI=1S/C20H25FN8.HI/c1-22-20(28-11-7-15(8-12-28)19-24-14-25-26-19)23-10-6-17-9-13-29(27-17)18-4-2-16(21)3-5-18;/h2-5,9,13-15H,6-8,10-12H2,1H3,(H,22,23)(H,24,25,26);1H. The number of hydrogen-bond donors (Lipinski definition) is 2. The van der Waals surface area contributed by atoms with Gasteiger partial charge in [-0.2, -0.15) is 10.2 Å². The lowest BCUT2D eigenvalue weighted by Gasteiger charge is -2.33. The molecule has 0 spiro atoms. The Hall–Kier alpha value is -2.50. The van der Waals surface area contributed by atoms with E-state index < -0.39 is 0 Å². The van der Waals surface area contributed by atoms with Crippen LogP contribution in [0.15, 0.2) is 47.8 Å². The van der Waals surface area contributed by atoms with Crippen LogP contribution in [0.4, 0.5) is 4.39 Å². The summed E-state index contributed by atoms with van der Waals surface area (Å²) in [7, 11) is 1.81. The fraction of sp³-hybridized carbons (Fsp3) is 0.400. The van der Waals surface area contributed by atoms with Gasteiger partial charge in [-0.3, -0.25) is 10.1 Å². The zero-order chi connectivity index (χ0) is 20.1. The lowest BCUT2D eigenvalue weighted by atomic mass is 9.96. The molecule has 0 aliphatic carbocycles. The average Bonchev–Trinajstić information content (AvgIpc) is 3.45. The zero-order valence-electron chi connectivity index (χ0n) is 16.8. The Balaban J connectivity index is 0.00000256. The molecule has 1 aliphatic heterocycles. The zero-order valence-corrected chi connectivity index (χ0v) is 19.2. The van der Waals surface area contributed by atoms with E-state index in [2.05, 4.69) is 35.5 Å². The van der Waals surface area contributed by atoms with Crippen molar-refractivity contribution in [1.29, 1.82) is 0 Å². The molecule has 0 unspecified atom stereocenters. The summed E-state index contributed by atoms with van der Waals surface area (Å²) in [6.45, 7) is 2.61. The first-order chi connectivity index (χ1) is 14.2. The number of hydrogen-bond acceptors (Lipinski definition) is 4. The predicted molar refractivity (Wildman–Crippen MR) is 124 cm³/mol. The normalized spacial score (nSPS) is 15.1. The third-order valence-electron chi connectivity index (χ3n) is 5.23. The lowest BCUT2D eigenvalue weighted by molar-refractivity contribution is 0.299. The molecule has 160 valence electrons. The lowest BCUT2D eigenvalue weighted by Crippen LogP contribution is -2.45. The molecule has 0 saturated carbocycles. The van der Waals surface area contributed by atoms with Crippen molar-refractivity contribution < 1.29 is 4.39 Å². The van der Waals surface area contributed by atoms with E-state index in [4.69, 9.17) is 0 Å². The molecule has 1 aliphatic rings. The van der Waals surface area contributed by atoms with E-state index in [0.717, 1.165) is 62.1 Å². The van der Waals surface area contributed by atoms with Gasteiger partial charge in [-0.25, -0.2) is 14.1 Å². The summed E-state index contributed by atoms with van der Waals surface area (Å²) < 4.78 is 14.8. The smallest absolute Gasteiger partial charge is 0.193 e. The quantitative estimate of drug-likeness (QED) is 0.305. The van der Waals surface area contributed by atoms with E-state index in [1.807, 2.05) is 19.3 Å². The third kappa shape index (κ3) is 5.35. The highest BCUT2D eigenvalue weighted by atomic mass is 127. The van der Waals surface area contributed by atoms with Crippen LogP contribution in [0.3, 0.4) is 0 Å². The van der Waals surface area contributed by atoms with Crippen LogP contribution in [0.2, 0.25) is 0 Å². The first-order valence-corrected chi connectivity index (χ1v) is 9.84. The highest BCUT2D eigenvalue weighted by molar-refractivity contribution is 14.0. The van der Waals surface area contributed by atoms with E-state index in [-0.39, 0.29) is 29.8 Å². The molecule has 0 amide bonds. The van der Waals surface area contributed by atoms with Gasteiger partial charge >= 0.3 is 0 Å². The third-order valence-corrected chi connectivity index (χ3v) is 5.23. The van der Waals surface area contributed by atoms with Gasteiger partial charge in [-0.1, -0.05) is 0 Å². The van der Waals surface area contributed by atoms with Gasteiger partial charge in [0.2, 0.25) is 0 Å². The molecule has 4 rings (SSSR count). The highest BCUT2D eigenvalue weighted by Crippen LogP contribution is 2.24. The molecule has 3 heterocycles. The number of likely N-dealkylation sites (tertiary alicyclic amines) is 1. The van der Waals surface area contributed by atoms with Gasteiger partial charge in [0, 0.05) is 45.2 Å². The van der Waals surface area contributed by atoms with Gasteiger partial charge in [-0.15, -0.1) is 24.0 Å². The van der Waals surface area contributed by atoms with Crippen LogP contribution in [0.5, 0.6) is 0 Å². The topological polar surface area (TPSA) is 87.0 Å². The van der Waals surface area contributed by atoms with Crippen molar-refractivity contribution >= 4 is 29.9 Å². The Labute approximate surface area is 192 Å². The van der Waals surface area contributed by atoms with Gasteiger partial charge in [0.1, 0.15) is 18.0 Å². The van der Waals surface area contributed by atoms with Crippen molar-refractivity contribution in [3.63, 3.8) is 0 Å². The largest absolute Gasteiger partial charge is 0.356 e. The number of piperidine rings is 1. The van der Waals surface area contributed by atoms with Gasteiger partial charge < -0.3 is 10.2 Å². The molecule has 10 heteroatoms. The molecule has 2 aromatic heterocycles. The fourth-order valence-electron chi connectivity index (χ4n) is 3.64. The fourth-order valence-corrected chi connectivity index (χ4v) is 3.64. The second-order valence-electron chi connectivity index (χ2n) is 7.08. The summed E-state index contributed by atoms with van der Waals surface area (Å²) in [4.78, 5) is 11.0. The summed E-state index contributed by atoms with van der Waals surface area (Å²) in [6.07, 6.45) is 6.29. The molecule has 1 aromatic carbocycles. The van der Waals surface area contributed by atoms with Gasteiger partial charge in [0.15, 0.2) is 5.96 Å². The van der Waals surface area contributed by atoms with Crippen molar-refractivity contribution in [1.82, 2.24) is 35.2 Å². The maximum absolute atomic E-state index is 13.1. The maximum atomic E-state index is 13.1. The number of guanidine groups is 1. The van der Waals surface area contributed by atoms with Crippen molar-refractivity contribution in [3.8, 4) is 5.69 Å². The molecule has 30 heavy (non-hydrogen) atoms. The summed E-state index contributed by atoms with van der Waals surface area (Å²) in [5.41, 5.74) is 1.82. The molecule has 0 radical (unpaired) electrons. The Morgan fingerprint density at radius 2 is 2.00 bits per heavy atom. The van der Waals surface area contributed by atoms with Crippen molar-refractivity contribution in [2.45, 2.75) is 25.2 Å². The van der Waals surface area contributed by atoms with Gasteiger partial charge in [0.25, 0.3) is 0 Å². The van der Waals surface area contributed by atoms with Crippen molar-refractivity contribution in [3.05, 3.63) is 60.2 Å². The predicted octanol–water partition coefficient (Wildman–Crippen LogP) is 2.75. The molecule has 1 saturated heterocycles. The number of halogens is 2. The first-order valence-electron chi connectivity index (χ1n) is 9.84. The Kier molecular flexibility index (Phi) is 7.77. The molecule has 8 nitrogen and oxygen atoms in total. The van der Waals surface area contributed by atoms with E-state index in [1.54, 1.807) is 23.1 Å². The van der Waals surface area contributed by atoms with Crippen LogP contribution >= 0.6 is 24.0 Å². The van der Waals surface area contributed by atoms with E-state index in [9.17, 15) is 4.39 Å². The Morgan fingerprint density at radius 1 is 1.23 bits per heavy atom. The summed E-state index contributed by atoms with van der Waals surface area (Å²) >= 11 is 0. The molecular weight excluding hydrogens is 498 g/mol. The second-order valence-corrected chi connectivity index (χ2v) is 7.08. The molecule has 0 bridgehead atoms. The minimum Gasteiger partial charge on any atom is -0.356 e. The monoisotopic (exact) mass is 524 g/mol. The van der Waals surface area contributed by atoms with Crippen LogP contribution in [0.25, 0.3) is 5.69 Å². The first kappa shape index (κ1) is 22.2. The van der Waals surface area contributed by atoms with Crippen LogP contribution in [0, 0.1) is 5.82 Å². The summed E-state index contributed by atoms with van der Waals surface area (Å²) in [6, 6.07) is 8.29. The number of aromatic amines is 1. The van der Waals surface area contributed by atoms with Crippen molar-refractivity contribution in [2.24, 2.45) is 4.99 Å². The molecule has 2 N–H and O–H groups in total. The SMILES string of the molecule is CN=C(NCCc1ccn(-c2ccc(F)cc2)n1)N1CCC(c2ncn[nH]2)CC1.I. The highest BCUT2D eigenvalue weighted by Gasteiger charge is 2.24. The second kappa shape index (κ2) is 10.5. The van der Waals surface area contributed by atoms with Crippen LogP contribution in [0.1, 0.15) is 30.3 Å². The maximum Gasteiger partial charge on any atom is 0.193 e. The van der Waals surface area contributed by atoms with Gasteiger partial charge in [-0.05, 0) is 43.2 Å². The van der Waals surface area contributed by atoms with E-state index >= 15 is 0 Å². The minimum absolute atomic E-state index is 0. The van der Waals surface area contributed by atoms with E-state index in [0.29, 0.717) is 5.92 Å². The summed E-state index contributed by atoms with van der Waals surface area (Å²) in [5.74, 6) is 2.08. The van der Waals surface area contributed by atoms with Crippen molar-refractivity contribution in [2.75, 3.05) is 26.7 Å².